The van der Waals surface area contributed by atoms with E-state index in [0.717, 1.165) is 11.1 Å². The number of nitrogens with zero attached hydrogens (tertiary/aromatic N) is 3. The van der Waals surface area contributed by atoms with Gasteiger partial charge in [-0.05, 0) is 42.0 Å². The van der Waals surface area contributed by atoms with E-state index in [-0.39, 0.29) is 11.6 Å². The van der Waals surface area contributed by atoms with Gasteiger partial charge in [0.1, 0.15) is 18.1 Å². The lowest BCUT2D eigenvalue weighted by atomic mass is 10.1. The van der Waals surface area contributed by atoms with Crippen LogP contribution < -0.4 is 10.1 Å². The van der Waals surface area contributed by atoms with Gasteiger partial charge in [-0.15, -0.1) is 0 Å². The molecule has 1 N–H and O–H groups in total. The Bertz CT molecular complexity index is 1230. The zero-order valence-electron chi connectivity index (χ0n) is 15.4. The molecule has 3 aromatic carbocycles. The topological polar surface area (TPSA) is 87.9 Å². The molecule has 0 radical (unpaired) electrons. The summed E-state index contributed by atoms with van der Waals surface area (Å²) in [6.45, 7) is 0.322. The molecular formula is C23H16N4O2. The number of aromatic nitrogens is 2. The van der Waals surface area contributed by atoms with E-state index in [2.05, 4.69) is 21.4 Å². The highest BCUT2D eigenvalue weighted by molar-refractivity contribution is 6.03. The maximum atomic E-state index is 12.5. The zero-order valence-corrected chi connectivity index (χ0v) is 15.4. The first-order valence-corrected chi connectivity index (χ1v) is 8.96. The molecule has 0 bridgehead atoms. The van der Waals surface area contributed by atoms with Gasteiger partial charge in [-0.3, -0.25) is 9.78 Å². The van der Waals surface area contributed by atoms with Gasteiger partial charge in [-0.25, -0.2) is 4.98 Å². The molecule has 1 heterocycles. The number of rotatable bonds is 5. The van der Waals surface area contributed by atoms with Gasteiger partial charge < -0.3 is 10.1 Å². The number of hydrogen-bond donors (Lipinski definition) is 1. The van der Waals surface area contributed by atoms with E-state index in [4.69, 9.17) is 10.00 Å². The normalized spacial score (nSPS) is 10.3. The number of nitriles is 1. The van der Waals surface area contributed by atoms with Crippen LogP contribution in [0.1, 0.15) is 21.6 Å². The van der Waals surface area contributed by atoms with Crippen molar-refractivity contribution in [3.8, 4) is 11.8 Å². The van der Waals surface area contributed by atoms with Crippen LogP contribution in [0.2, 0.25) is 0 Å². The van der Waals surface area contributed by atoms with Crippen molar-refractivity contribution in [1.82, 2.24) is 9.97 Å². The van der Waals surface area contributed by atoms with Gasteiger partial charge in [-0.2, -0.15) is 5.26 Å². The highest BCUT2D eigenvalue weighted by Gasteiger charge is 2.10. The molecule has 0 atom stereocenters. The van der Waals surface area contributed by atoms with Crippen LogP contribution >= 0.6 is 0 Å². The Balaban J connectivity index is 1.45. The number of anilines is 1. The van der Waals surface area contributed by atoms with Crippen LogP contribution in [0, 0.1) is 11.3 Å². The number of carbonyl (C=O) groups excluding carboxylic acids is 1. The molecule has 0 aliphatic heterocycles. The maximum absolute atomic E-state index is 12.5. The second-order valence-electron chi connectivity index (χ2n) is 6.33. The van der Waals surface area contributed by atoms with Crippen molar-refractivity contribution >= 4 is 22.6 Å². The molecule has 0 spiro atoms. The maximum Gasteiger partial charge on any atom is 0.275 e. The summed E-state index contributed by atoms with van der Waals surface area (Å²) in [5.41, 5.74) is 3.71. The third kappa shape index (κ3) is 4.37. The molecule has 0 aliphatic carbocycles. The number of ether oxygens (including phenoxy) is 1. The average Bonchev–Trinajstić information content (AvgIpc) is 2.77. The molecule has 4 rings (SSSR count). The molecule has 4 aromatic rings. The number of para-hydroxylation sites is 2. The Morgan fingerprint density at radius 1 is 1.00 bits per heavy atom. The van der Waals surface area contributed by atoms with Gasteiger partial charge in [0.25, 0.3) is 5.91 Å². The molecule has 0 unspecified atom stereocenters. The summed E-state index contributed by atoms with van der Waals surface area (Å²) in [5, 5.41) is 11.8. The number of nitrogens with one attached hydrogen (secondary N) is 1. The molecule has 6 nitrogen and oxygen atoms in total. The van der Waals surface area contributed by atoms with E-state index < -0.39 is 0 Å². The highest BCUT2D eigenvalue weighted by Crippen LogP contribution is 2.20. The van der Waals surface area contributed by atoms with Gasteiger partial charge in [-0.1, -0.05) is 30.3 Å². The highest BCUT2D eigenvalue weighted by atomic mass is 16.5. The Hall–Kier alpha value is -4.24. The molecule has 0 fully saturated rings. The second kappa shape index (κ2) is 8.19. The van der Waals surface area contributed by atoms with Crippen LogP contribution in [0.4, 0.5) is 5.69 Å². The molecule has 0 aliphatic rings. The van der Waals surface area contributed by atoms with Gasteiger partial charge in [0.05, 0.1) is 28.9 Å². The number of carbonyl (C=O) groups is 1. The van der Waals surface area contributed by atoms with E-state index in [1.54, 1.807) is 36.4 Å². The largest absolute Gasteiger partial charge is 0.489 e. The molecular weight excluding hydrogens is 364 g/mol. The van der Waals surface area contributed by atoms with E-state index in [1.165, 1.54) is 6.20 Å². The number of fused-ring (bicyclic) bond motifs is 1. The minimum atomic E-state index is -0.345. The summed E-state index contributed by atoms with van der Waals surface area (Å²) in [5.74, 6) is 0.261. The molecule has 0 saturated carbocycles. The van der Waals surface area contributed by atoms with E-state index >= 15 is 0 Å². The lowest BCUT2D eigenvalue weighted by molar-refractivity contribution is 0.102. The van der Waals surface area contributed by atoms with Crippen LogP contribution in [0.25, 0.3) is 11.0 Å². The van der Waals surface area contributed by atoms with Crippen molar-refractivity contribution in [2.45, 2.75) is 6.61 Å². The summed E-state index contributed by atoms with van der Waals surface area (Å²) in [6.07, 6.45) is 1.46. The molecule has 1 amide bonds. The lowest BCUT2D eigenvalue weighted by Crippen LogP contribution is -2.14. The van der Waals surface area contributed by atoms with E-state index in [9.17, 15) is 4.79 Å². The van der Waals surface area contributed by atoms with E-state index in [0.29, 0.717) is 29.1 Å². The van der Waals surface area contributed by atoms with Crippen molar-refractivity contribution in [2.75, 3.05) is 5.32 Å². The first-order valence-electron chi connectivity index (χ1n) is 8.96. The fraction of sp³-hybridized carbons (Fsp3) is 0.0435. The van der Waals surface area contributed by atoms with Crippen molar-refractivity contribution in [1.29, 1.82) is 5.26 Å². The summed E-state index contributed by atoms with van der Waals surface area (Å²) >= 11 is 0. The Kier molecular flexibility index (Phi) is 5.12. The first kappa shape index (κ1) is 18.1. The third-order valence-electron chi connectivity index (χ3n) is 4.23. The van der Waals surface area contributed by atoms with Gasteiger partial charge >= 0.3 is 0 Å². The summed E-state index contributed by atoms with van der Waals surface area (Å²) in [6, 6.07) is 23.8. The number of hydrogen-bond acceptors (Lipinski definition) is 5. The molecule has 0 saturated heterocycles. The minimum absolute atomic E-state index is 0.239. The number of amides is 1. The average molecular weight is 380 g/mol. The van der Waals surface area contributed by atoms with Gasteiger partial charge in [0, 0.05) is 11.8 Å². The van der Waals surface area contributed by atoms with Gasteiger partial charge in [0.2, 0.25) is 0 Å². The van der Waals surface area contributed by atoms with Crippen molar-refractivity contribution in [3.05, 3.63) is 95.8 Å². The Labute approximate surface area is 167 Å². The fourth-order valence-electron chi connectivity index (χ4n) is 2.82. The summed E-state index contributed by atoms with van der Waals surface area (Å²) in [7, 11) is 0. The van der Waals surface area contributed by atoms with E-state index in [1.807, 2.05) is 36.4 Å². The minimum Gasteiger partial charge on any atom is -0.489 e. The zero-order chi connectivity index (χ0) is 20.1. The predicted molar refractivity (Wildman–Crippen MR) is 109 cm³/mol. The first-order chi connectivity index (χ1) is 14.2. The van der Waals surface area contributed by atoms with Crippen LogP contribution in [-0.4, -0.2) is 15.9 Å². The van der Waals surface area contributed by atoms with Crippen LogP contribution in [0.15, 0.2) is 79.0 Å². The molecule has 1 aromatic heterocycles. The van der Waals surface area contributed by atoms with Gasteiger partial charge in [0.15, 0.2) is 0 Å². The monoisotopic (exact) mass is 380 g/mol. The van der Waals surface area contributed by atoms with Crippen LogP contribution in [0.5, 0.6) is 5.75 Å². The predicted octanol–water partition coefficient (Wildman–Crippen LogP) is 4.33. The molecule has 140 valence electrons. The van der Waals surface area contributed by atoms with Crippen molar-refractivity contribution in [2.24, 2.45) is 0 Å². The summed E-state index contributed by atoms with van der Waals surface area (Å²) < 4.78 is 5.79. The smallest absolute Gasteiger partial charge is 0.275 e. The van der Waals surface area contributed by atoms with Crippen molar-refractivity contribution in [3.63, 3.8) is 0 Å². The fourth-order valence-corrected chi connectivity index (χ4v) is 2.82. The quantitative estimate of drug-likeness (QED) is 0.557. The lowest BCUT2D eigenvalue weighted by Gasteiger charge is -2.09. The third-order valence-corrected chi connectivity index (χ3v) is 4.23. The molecule has 6 heteroatoms. The van der Waals surface area contributed by atoms with Crippen LogP contribution in [0.3, 0.4) is 0 Å². The van der Waals surface area contributed by atoms with Crippen molar-refractivity contribution < 1.29 is 9.53 Å². The number of benzene rings is 3. The van der Waals surface area contributed by atoms with Crippen LogP contribution in [-0.2, 0) is 6.61 Å². The Morgan fingerprint density at radius 3 is 2.69 bits per heavy atom. The standard InChI is InChI=1S/C23H16N4O2/c24-13-16-5-3-6-17(11-16)15-29-19-8-4-7-18(12-19)26-23(28)22-14-25-20-9-1-2-10-21(20)27-22/h1-12,14H,15H2,(H,26,28). The Morgan fingerprint density at radius 2 is 1.83 bits per heavy atom. The molecule has 29 heavy (non-hydrogen) atoms. The second-order valence-corrected chi connectivity index (χ2v) is 6.33. The summed E-state index contributed by atoms with van der Waals surface area (Å²) in [4.78, 5) is 21.2. The SMILES string of the molecule is N#Cc1cccc(COc2cccc(NC(=O)c3cnc4ccccc4n3)c2)c1.